The second-order valence-corrected chi connectivity index (χ2v) is 8.27. The quantitative estimate of drug-likeness (QED) is 0.682. The first-order chi connectivity index (χ1) is 14.1. The molecule has 1 saturated carbocycles. The van der Waals surface area contributed by atoms with E-state index in [4.69, 9.17) is 4.98 Å². The van der Waals surface area contributed by atoms with E-state index in [1.54, 1.807) is 10.9 Å². The summed E-state index contributed by atoms with van der Waals surface area (Å²) in [6.07, 6.45) is 5.98. The summed E-state index contributed by atoms with van der Waals surface area (Å²) in [6, 6.07) is 8.11. The molecule has 7 heteroatoms. The summed E-state index contributed by atoms with van der Waals surface area (Å²) in [4.78, 5) is 31.1. The summed E-state index contributed by atoms with van der Waals surface area (Å²) in [6.45, 7) is 7.65. The molecule has 1 aliphatic carbocycles. The van der Waals surface area contributed by atoms with E-state index in [1.165, 1.54) is 12.8 Å². The normalized spacial score (nSPS) is 17.3. The van der Waals surface area contributed by atoms with Gasteiger partial charge in [-0.05, 0) is 51.0 Å². The fourth-order valence-corrected chi connectivity index (χ4v) is 3.96. The molecule has 0 spiro atoms. The van der Waals surface area contributed by atoms with Crippen LogP contribution in [0.5, 0.6) is 0 Å². The highest BCUT2D eigenvalue weighted by Crippen LogP contribution is 2.38. The van der Waals surface area contributed by atoms with Crippen LogP contribution in [0.15, 0.2) is 41.6 Å². The smallest absolute Gasteiger partial charge is 0.261 e. The number of rotatable bonds is 4. The lowest BCUT2D eigenvalue weighted by Gasteiger charge is -2.36. The minimum Gasteiger partial charge on any atom is -0.368 e. The number of piperazine rings is 1. The zero-order valence-electron chi connectivity index (χ0n) is 17.0. The van der Waals surface area contributed by atoms with Crippen molar-refractivity contribution in [1.29, 1.82) is 0 Å². The van der Waals surface area contributed by atoms with Gasteiger partial charge in [-0.2, -0.15) is 0 Å². The van der Waals surface area contributed by atoms with Gasteiger partial charge in [-0.3, -0.25) is 9.36 Å². The molecule has 0 atom stereocenters. The second-order valence-electron chi connectivity index (χ2n) is 8.27. The van der Waals surface area contributed by atoms with Crippen molar-refractivity contribution in [2.75, 3.05) is 36.0 Å². The van der Waals surface area contributed by atoms with E-state index < -0.39 is 0 Å². The number of benzene rings is 1. The van der Waals surface area contributed by atoms with Crippen LogP contribution in [0.4, 0.5) is 11.5 Å². The predicted octanol–water partition coefficient (Wildman–Crippen LogP) is 2.97. The molecule has 5 rings (SSSR count). The van der Waals surface area contributed by atoms with Crippen LogP contribution in [-0.4, -0.2) is 45.7 Å². The van der Waals surface area contributed by atoms with Crippen LogP contribution in [0.25, 0.3) is 10.9 Å². The van der Waals surface area contributed by atoms with Crippen molar-refractivity contribution in [2.24, 2.45) is 0 Å². The third-order valence-corrected chi connectivity index (χ3v) is 5.89. The summed E-state index contributed by atoms with van der Waals surface area (Å²) in [7, 11) is 0. The molecule has 1 aliphatic heterocycles. The molecular weight excluding hydrogens is 364 g/mol. The van der Waals surface area contributed by atoms with Crippen molar-refractivity contribution in [3.63, 3.8) is 0 Å². The van der Waals surface area contributed by atoms with Crippen molar-refractivity contribution in [2.45, 2.75) is 38.6 Å². The first-order valence-corrected chi connectivity index (χ1v) is 10.4. The minimum atomic E-state index is 0.0246. The van der Waals surface area contributed by atoms with Gasteiger partial charge in [-0.15, -0.1) is 0 Å². The Balaban J connectivity index is 1.32. The molecule has 1 saturated heterocycles. The highest BCUT2D eigenvalue weighted by molar-refractivity contribution is 5.81. The van der Waals surface area contributed by atoms with Gasteiger partial charge < -0.3 is 9.80 Å². The zero-order valence-corrected chi connectivity index (χ0v) is 17.0. The Morgan fingerprint density at radius 3 is 2.48 bits per heavy atom. The van der Waals surface area contributed by atoms with E-state index in [1.807, 2.05) is 44.3 Å². The van der Waals surface area contributed by atoms with Crippen molar-refractivity contribution < 1.29 is 0 Å². The molecule has 0 N–H and O–H groups in total. The van der Waals surface area contributed by atoms with Crippen LogP contribution in [0.2, 0.25) is 0 Å². The van der Waals surface area contributed by atoms with Crippen LogP contribution in [-0.2, 0) is 0 Å². The molecule has 0 amide bonds. The number of nitrogens with zero attached hydrogens (tertiary/aromatic N) is 6. The third kappa shape index (κ3) is 3.45. The van der Waals surface area contributed by atoms with Gasteiger partial charge >= 0.3 is 0 Å². The maximum Gasteiger partial charge on any atom is 0.261 e. The Labute approximate surface area is 170 Å². The van der Waals surface area contributed by atoms with Gasteiger partial charge in [0.15, 0.2) is 0 Å². The van der Waals surface area contributed by atoms with E-state index in [0.29, 0.717) is 11.3 Å². The molecule has 150 valence electrons. The number of hydrogen-bond acceptors (Lipinski definition) is 6. The lowest BCUT2D eigenvalue weighted by Crippen LogP contribution is -2.46. The fraction of sp³-hybridized carbons (Fsp3) is 0.455. The van der Waals surface area contributed by atoms with E-state index in [9.17, 15) is 4.79 Å². The van der Waals surface area contributed by atoms with Crippen molar-refractivity contribution in [3.8, 4) is 0 Å². The Kier molecular flexibility index (Phi) is 4.45. The monoisotopic (exact) mass is 390 g/mol. The Bertz CT molecular complexity index is 1100. The van der Waals surface area contributed by atoms with Crippen LogP contribution < -0.4 is 15.4 Å². The molecule has 1 aromatic carbocycles. The average molecular weight is 390 g/mol. The highest BCUT2D eigenvalue weighted by atomic mass is 16.1. The molecule has 0 bridgehead atoms. The third-order valence-electron chi connectivity index (χ3n) is 5.89. The molecule has 2 aliphatic rings. The van der Waals surface area contributed by atoms with Crippen molar-refractivity contribution in [1.82, 2.24) is 19.5 Å². The van der Waals surface area contributed by atoms with Crippen molar-refractivity contribution >= 4 is 22.4 Å². The van der Waals surface area contributed by atoms with Gasteiger partial charge in [-0.1, -0.05) is 0 Å². The summed E-state index contributed by atoms with van der Waals surface area (Å²) in [5.41, 5.74) is 1.90. The van der Waals surface area contributed by atoms with E-state index in [2.05, 4.69) is 19.8 Å². The van der Waals surface area contributed by atoms with E-state index >= 15 is 0 Å². The molecule has 3 heterocycles. The van der Waals surface area contributed by atoms with E-state index in [0.717, 1.165) is 49.0 Å². The van der Waals surface area contributed by atoms with Crippen LogP contribution in [0, 0.1) is 0 Å². The molecular formula is C22H26N6O. The maximum absolute atomic E-state index is 12.6. The average Bonchev–Trinajstić information content (AvgIpc) is 3.59. The molecule has 29 heavy (non-hydrogen) atoms. The Morgan fingerprint density at radius 2 is 1.76 bits per heavy atom. The van der Waals surface area contributed by atoms with Gasteiger partial charge in [0.25, 0.3) is 5.56 Å². The number of anilines is 2. The summed E-state index contributed by atoms with van der Waals surface area (Å²) in [5.74, 6) is 2.61. The molecule has 2 aromatic heterocycles. The summed E-state index contributed by atoms with van der Waals surface area (Å²) >= 11 is 0. The molecule has 0 radical (unpaired) electrons. The predicted molar refractivity (Wildman–Crippen MR) is 115 cm³/mol. The molecule has 2 fully saturated rings. The zero-order chi connectivity index (χ0) is 20.0. The minimum absolute atomic E-state index is 0.0246. The molecule has 0 unspecified atom stereocenters. The lowest BCUT2D eigenvalue weighted by molar-refractivity contribution is 0.573. The van der Waals surface area contributed by atoms with Gasteiger partial charge in [0.1, 0.15) is 11.6 Å². The maximum atomic E-state index is 12.6. The number of fused-ring (bicyclic) bond motifs is 1. The molecule has 7 nitrogen and oxygen atoms in total. The lowest BCUT2D eigenvalue weighted by atomic mass is 10.2. The SMILES string of the molecule is CC(C)n1cnc2cc(N3CCN(c4ccnc(C5CC5)n4)CC3)ccc2c1=O. The summed E-state index contributed by atoms with van der Waals surface area (Å²) in [5, 5.41) is 0.678. The first-order valence-electron chi connectivity index (χ1n) is 10.4. The van der Waals surface area contributed by atoms with Crippen LogP contribution in [0.1, 0.15) is 44.5 Å². The summed E-state index contributed by atoms with van der Waals surface area (Å²) < 4.78 is 1.68. The fourth-order valence-electron chi connectivity index (χ4n) is 3.96. The van der Waals surface area contributed by atoms with Crippen LogP contribution >= 0.6 is 0 Å². The highest BCUT2D eigenvalue weighted by Gasteiger charge is 2.27. The Hall–Kier alpha value is -2.96. The van der Waals surface area contributed by atoms with Gasteiger partial charge in [0.2, 0.25) is 0 Å². The second kappa shape index (κ2) is 7.13. The Morgan fingerprint density at radius 1 is 1.00 bits per heavy atom. The number of hydrogen-bond donors (Lipinski definition) is 0. The van der Waals surface area contributed by atoms with Crippen LogP contribution in [0.3, 0.4) is 0 Å². The van der Waals surface area contributed by atoms with Gasteiger partial charge in [0.05, 0.1) is 17.2 Å². The largest absolute Gasteiger partial charge is 0.368 e. The number of aromatic nitrogens is 4. The topological polar surface area (TPSA) is 67.2 Å². The van der Waals surface area contributed by atoms with Crippen molar-refractivity contribution in [3.05, 3.63) is 53.0 Å². The first kappa shape index (κ1) is 18.1. The standard InChI is InChI=1S/C22H26N6O/c1-15(2)28-14-24-19-13-17(5-6-18(19)22(28)29)26-9-11-27(12-10-26)20-7-8-23-21(25-20)16-3-4-16/h5-8,13-16H,3-4,9-12H2,1-2H3. The van der Waals surface area contributed by atoms with Gasteiger partial charge in [0, 0.05) is 50.0 Å². The van der Waals surface area contributed by atoms with E-state index in [-0.39, 0.29) is 11.6 Å². The van der Waals surface area contributed by atoms with Gasteiger partial charge in [-0.25, -0.2) is 15.0 Å². The molecule has 3 aromatic rings.